The highest BCUT2D eigenvalue weighted by molar-refractivity contribution is 6.25. The number of hydrogen-bond donors (Lipinski definition) is 0. The fourth-order valence-corrected chi connectivity index (χ4v) is 6.43. The van der Waals surface area contributed by atoms with Crippen molar-refractivity contribution in [2.75, 3.05) is 23.9 Å². The minimum atomic E-state index is -0.0181. The van der Waals surface area contributed by atoms with Crippen LogP contribution >= 0.6 is 0 Å². The molecule has 1 aliphatic rings. The van der Waals surface area contributed by atoms with Crippen LogP contribution in [0.3, 0.4) is 0 Å². The number of amides is 2. The van der Waals surface area contributed by atoms with E-state index in [1.54, 1.807) is 9.80 Å². The van der Waals surface area contributed by atoms with Gasteiger partial charge in [-0.3, -0.25) is 9.80 Å². The number of anilines is 2. The van der Waals surface area contributed by atoms with Crippen molar-refractivity contribution < 1.29 is 4.79 Å². The van der Waals surface area contributed by atoms with Crippen molar-refractivity contribution in [1.29, 1.82) is 0 Å². The summed E-state index contributed by atoms with van der Waals surface area (Å²) in [4.78, 5) is 16.2. The summed E-state index contributed by atoms with van der Waals surface area (Å²) in [6.07, 6.45) is 0. The van der Waals surface area contributed by atoms with Crippen LogP contribution < -0.4 is 9.80 Å². The Labute approximate surface area is 220 Å². The summed E-state index contributed by atoms with van der Waals surface area (Å²) < 4.78 is 0. The van der Waals surface area contributed by atoms with Crippen molar-refractivity contribution in [1.82, 2.24) is 0 Å². The van der Waals surface area contributed by atoms with E-state index in [9.17, 15) is 4.79 Å². The summed E-state index contributed by atoms with van der Waals surface area (Å²) in [7, 11) is 3.68. The molecule has 0 saturated carbocycles. The molecule has 0 aliphatic carbocycles. The standard InChI is InChI=1S/C35H24N2O/c1-36-30-8-4-7-28-27(19-20-31(34(28)30)37(2)35(36)38)22-11-9-21(10-12-22)26-17-15-25-14-13-23-5-3-6-24-16-18-29(26)33(25)32(23)24/h3-20H,1-2H3. The minimum Gasteiger partial charge on any atom is -0.296 e. The van der Waals surface area contributed by atoms with Crippen LogP contribution in [0, 0.1) is 0 Å². The number of hydrogen-bond acceptors (Lipinski definition) is 1. The number of rotatable bonds is 2. The number of urea groups is 1. The zero-order valence-electron chi connectivity index (χ0n) is 21.2. The molecular weight excluding hydrogens is 464 g/mol. The van der Waals surface area contributed by atoms with Gasteiger partial charge in [0.25, 0.3) is 0 Å². The van der Waals surface area contributed by atoms with Crippen LogP contribution in [0.5, 0.6) is 0 Å². The lowest BCUT2D eigenvalue weighted by molar-refractivity contribution is 0.253. The Balaban J connectivity index is 1.29. The molecule has 0 N–H and O–H groups in total. The summed E-state index contributed by atoms with van der Waals surface area (Å²) >= 11 is 0. The van der Waals surface area contributed by atoms with Crippen LogP contribution in [0.2, 0.25) is 0 Å². The number of carbonyl (C=O) groups excluding carboxylic acids is 1. The molecule has 0 unspecified atom stereocenters. The minimum absolute atomic E-state index is 0.0181. The van der Waals surface area contributed by atoms with E-state index in [0.717, 1.165) is 27.7 Å². The van der Waals surface area contributed by atoms with Gasteiger partial charge in [-0.05, 0) is 72.1 Å². The molecule has 7 aromatic rings. The molecule has 1 heterocycles. The quantitative estimate of drug-likeness (QED) is 0.223. The van der Waals surface area contributed by atoms with Gasteiger partial charge in [0.05, 0.1) is 11.4 Å². The molecule has 0 aromatic heterocycles. The van der Waals surface area contributed by atoms with Crippen molar-refractivity contribution in [3.63, 3.8) is 0 Å². The summed E-state index contributed by atoms with van der Waals surface area (Å²) in [6, 6.07) is 39.3. The van der Waals surface area contributed by atoms with Crippen LogP contribution in [-0.4, -0.2) is 20.1 Å². The lowest BCUT2D eigenvalue weighted by Gasteiger charge is -2.33. The first-order chi connectivity index (χ1) is 18.6. The molecule has 1 aliphatic heterocycles. The van der Waals surface area contributed by atoms with E-state index in [2.05, 4.69) is 97.1 Å². The van der Waals surface area contributed by atoms with Crippen molar-refractivity contribution in [2.45, 2.75) is 0 Å². The summed E-state index contributed by atoms with van der Waals surface area (Å²) in [6.45, 7) is 0. The highest BCUT2D eigenvalue weighted by Gasteiger charge is 2.28. The zero-order valence-corrected chi connectivity index (χ0v) is 21.2. The summed E-state index contributed by atoms with van der Waals surface area (Å²) in [5.74, 6) is 0. The van der Waals surface area contributed by atoms with Crippen LogP contribution in [-0.2, 0) is 0 Å². The van der Waals surface area contributed by atoms with Gasteiger partial charge in [-0.1, -0.05) is 97.1 Å². The molecule has 2 amide bonds. The molecule has 180 valence electrons. The second kappa shape index (κ2) is 7.56. The van der Waals surface area contributed by atoms with E-state index in [1.807, 2.05) is 26.2 Å². The van der Waals surface area contributed by atoms with Gasteiger partial charge in [-0.15, -0.1) is 0 Å². The predicted molar refractivity (Wildman–Crippen MR) is 161 cm³/mol. The van der Waals surface area contributed by atoms with E-state index in [4.69, 9.17) is 0 Å². The molecule has 0 bridgehead atoms. The van der Waals surface area contributed by atoms with Crippen molar-refractivity contribution >= 4 is 60.5 Å². The lowest BCUT2D eigenvalue weighted by Crippen LogP contribution is -2.41. The molecule has 0 radical (unpaired) electrons. The Morgan fingerprint density at radius 3 is 1.63 bits per heavy atom. The molecule has 8 rings (SSSR count). The monoisotopic (exact) mass is 488 g/mol. The number of benzene rings is 7. The Morgan fingerprint density at radius 2 is 0.947 bits per heavy atom. The smallest absolute Gasteiger partial charge is 0.296 e. The Morgan fingerprint density at radius 1 is 0.447 bits per heavy atom. The van der Waals surface area contributed by atoms with E-state index in [-0.39, 0.29) is 6.03 Å². The first-order valence-electron chi connectivity index (χ1n) is 12.9. The van der Waals surface area contributed by atoms with Crippen molar-refractivity contribution in [3.8, 4) is 22.3 Å². The van der Waals surface area contributed by atoms with E-state index in [1.165, 1.54) is 49.0 Å². The maximum absolute atomic E-state index is 12.7. The molecule has 0 spiro atoms. The van der Waals surface area contributed by atoms with Crippen molar-refractivity contribution in [2.24, 2.45) is 0 Å². The van der Waals surface area contributed by atoms with E-state index < -0.39 is 0 Å². The largest absolute Gasteiger partial charge is 0.328 e. The maximum atomic E-state index is 12.7. The van der Waals surface area contributed by atoms with Crippen LogP contribution in [0.25, 0.3) is 65.3 Å². The second-order valence-electron chi connectivity index (χ2n) is 10.3. The fourth-order valence-electron chi connectivity index (χ4n) is 6.43. The highest BCUT2D eigenvalue weighted by Crippen LogP contribution is 2.44. The third-order valence-electron chi connectivity index (χ3n) is 8.33. The van der Waals surface area contributed by atoms with Crippen LogP contribution in [0.1, 0.15) is 0 Å². The van der Waals surface area contributed by atoms with Crippen LogP contribution in [0.4, 0.5) is 16.2 Å². The van der Waals surface area contributed by atoms with E-state index in [0.29, 0.717) is 0 Å². The molecule has 7 aromatic carbocycles. The van der Waals surface area contributed by atoms with Crippen LogP contribution in [0.15, 0.2) is 109 Å². The first-order valence-corrected chi connectivity index (χ1v) is 12.9. The topological polar surface area (TPSA) is 23.6 Å². The van der Waals surface area contributed by atoms with Gasteiger partial charge in [0.2, 0.25) is 0 Å². The Hall–Kier alpha value is -4.89. The Bertz CT molecular complexity index is 2040. The van der Waals surface area contributed by atoms with Gasteiger partial charge < -0.3 is 0 Å². The molecule has 0 saturated heterocycles. The van der Waals surface area contributed by atoms with Gasteiger partial charge in [0, 0.05) is 19.5 Å². The predicted octanol–water partition coefficient (Wildman–Crippen LogP) is 9.08. The fraction of sp³-hybridized carbons (Fsp3) is 0.0571. The average molecular weight is 489 g/mol. The van der Waals surface area contributed by atoms with E-state index >= 15 is 0 Å². The molecule has 0 atom stereocenters. The van der Waals surface area contributed by atoms with Gasteiger partial charge in [0.15, 0.2) is 0 Å². The SMILES string of the molecule is CN1C(=O)N(C)c2ccc(-c3ccc(-c4ccc5ccc6cccc7ccc4c5c67)cc3)c3cccc1c23. The summed E-state index contributed by atoms with van der Waals surface area (Å²) in [5.41, 5.74) is 6.70. The zero-order chi connectivity index (χ0) is 25.5. The molecule has 3 nitrogen and oxygen atoms in total. The lowest BCUT2D eigenvalue weighted by atomic mass is 9.89. The molecule has 38 heavy (non-hydrogen) atoms. The molecule has 0 fully saturated rings. The normalized spacial score (nSPS) is 13.5. The van der Waals surface area contributed by atoms with Gasteiger partial charge in [0.1, 0.15) is 0 Å². The average Bonchev–Trinajstić information content (AvgIpc) is 2.97. The first kappa shape index (κ1) is 21.2. The summed E-state index contributed by atoms with van der Waals surface area (Å²) in [5, 5.41) is 10.1. The molecular formula is C35H24N2O. The number of nitrogens with zero attached hydrogens (tertiary/aromatic N) is 2. The van der Waals surface area contributed by atoms with Crippen molar-refractivity contribution in [3.05, 3.63) is 109 Å². The third kappa shape index (κ3) is 2.76. The third-order valence-corrected chi connectivity index (χ3v) is 8.33. The van der Waals surface area contributed by atoms with Gasteiger partial charge in [-0.25, -0.2) is 4.79 Å². The van der Waals surface area contributed by atoms with Gasteiger partial charge >= 0.3 is 6.03 Å². The van der Waals surface area contributed by atoms with Gasteiger partial charge in [-0.2, -0.15) is 0 Å². The highest BCUT2D eigenvalue weighted by atomic mass is 16.2. The second-order valence-corrected chi connectivity index (χ2v) is 10.3. The maximum Gasteiger partial charge on any atom is 0.328 e. The molecule has 3 heteroatoms. The Kier molecular flexibility index (Phi) is 4.22. The number of carbonyl (C=O) groups is 1.